The highest BCUT2D eigenvalue weighted by Gasteiger charge is 2.36. The highest BCUT2D eigenvalue weighted by atomic mass is 16.3. The zero-order valence-electron chi connectivity index (χ0n) is 15.6. The van der Waals surface area contributed by atoms with Gasteiger partial charge in [-0.05, 0) is 56.1 Å². The zero-order chi connectivity index (χ0) is 19.5. The molecule has 2 aliphatic rings. The van der Waals surface area contributed by atoms with Crippen molar-refractivity contribution >= 4 is 17.7 Å². The first-order chi connectivity index (χ1) is 13.6. The van der Waals surface area contributed by atoms with E-state index in [0.29, 0.717) is 23.6 Å². The average molecular weight is 381 g/mol. The van der Waals surface area contributed by atoms with Gasteiger partial charge in [-0.25, -0.2) is 0 Å². The lowest BCUT2D eigenvalue weighted by molar-refractivity contribution is -0.121. The molecule has 7 heteroatoms. The van der Waals surface area contributed by atoms with Crippen LogP contribution in [0, 0.1) is 5.92 Å². The number of amides is 3. The second-order valence-electron chi connectivity index (χ2n) is 7.34. The van der Waals surface area contributed by atoms with Crippen molar-refractivity contribution in [3.05, 3.63) is 59.5 Å². The van der Waals surface area contributed by atoms with Crippen molar-refractivity contribution in [3.63, 3.8) is 0 Å². The molecule has 1 aromatic carbocycles. The average Bonchev–Trinajstić information content (AvgIpc) is 3.31. The lowest BCUT2D eigenvalue weighted by Crippen LogP contribution is -2.43. The van der Waals surface area contributed by atoms with Gasteiger partial charge in [0.25, 0.3) is 11.8 Å². The van der Waals surface area contributed by atoms with E-state index in [1.54, 1.807) is 30.5 Å². The maximum Gasteiger partial charge on any atom is 0.262 e. The van der Waals surface area contributed by atoms with E-state index in [1.807, 2.05) is 12.1 Å². The molecule has 4 rings (SSSR count). The highest BCUT2D eigenvalue weighted by molar-refractivity contribution is 6.22. The molecule has 1 N–H and O–H groups in total. The molecule has 0 saturated carbocycles. The summed E-state index contributed by atoms with van der Waals surface area (Å²) < 4.78 is 5.39. The van der Waals surface area contributed by atoms with Crippen LogP contribution in [0.15, 0.2) is 47.1 Å². The second kappa shape index (κ2) is 7.98. The van der Waals surface area contributed by atoms with E-state index in [0.717, 1.165) is 43.1 Å². The molecular formula is C21H23N3O4. The SMILES string of the molecule is O=C(CN1C(=O)c2ccccc2C1=O)NCC1CCN(Cc2ccco2)CC1. The van der Waals surface area contributed by atoms with Gasteiger partial charge in [-0.3, -0.25) is 24.2 Å². The normalized spacial score (nSPS) is 17.8. The number of rotatable bonds is 6. The minimum absolute atomic E-state index is 0.232. The van der Waals surface area contributed by atoms with E-state index < -0.39 is 11.8 Å². The predicted molar refractivity (Wildman–Crippen MR) is 102 cm³/mol. The number of likely N-dealkylation sites (tertiary alicyclic amines) is 1. The molecule has 3 amide bonds. The third-order valence-corrected chi connectivity index (χ3v) is 5.43. The van der Waals surface area contributed by atoms with E-state index in [4.69, 9.17) is 4.42 Å². The Bertz CT molecular complexity index is 835. The monoisotopic (exact) mass is 381 g/mol. The van der Waals surface area contributed by atoms with Crippen molar-refractivity contribution in [1.29, 1.82) is 0 Å². The summed E-state index contributed by atoms with van der Waals surface area (Å²) in [6.07, 6.45) is 3.67. The Morgan fingerprint density at radius 1 is 1.04 bits per heavy atom. The maximum absolute atomic E-state index is 12.3. The summed E-state index contributed by atoms with van der Waals surface area (Å²) in [4.78, 5) is 40.3. The van der Waals surface area contributed by atoms with Crippen LogP contribution in [0.1, 0.15) is 39.3 Å². The minimum Gasteiger partial charge on any atom is -0.468 e. The van der Waals surface area contributed by atoms with Crippen LogP contribution in [-0.2, 0) is 11.3 Å². The summed E-state index contributed by atoms with van der Waals surface area (Å²) >= 11 is 0. The van der Waals surface area contributed by atoms with Gasteiger partial charge in [0, 0.05) is 6.54 Å². The molecule has 0 unspecified atom stereocenters. The van der Waals surface area contributed by atoms with Gasteiger partial charge < -0.3 is 9.73 Å². The number of nitrogens with zero attached hydrogens (tertiary/aromatic N) is 2. The molecule has 0 atom stereocenters. The van der Waals surface area contributed by atoms with Crippen molar-refractivity contribution in [1.82, 2.24) is 15.1 Å². The quantitative estimate of drug-likeness (QED) is 0.773. The lowest BCUT2D eigenvalue weighted by atomic mass is 9.96. The number of piperidine rings is 1. The fourth-order valence-electron chi connectivity index (χ4n) is 3.81. The zero-order valence-corrected chi connectivity index (χ0v) is 15.6. The van der Waals surface area contributed by atoms with E-state index in [9.17, 15) is 14.4 Å². The summed E-state index contributed by atoms with van der Waals surface area (Å²) in [5, 5.41) is 2.89. The van der Waals surface area contributed by atoms with Crippen molar-refractivity contribution in [3.8, 4) is 0 Å². The Morgan fingerprint density at radius 2 is 1.71 bits per heavy atom. The summed E-state index contributed by atoms with van der Waals surface area (Å²) in [5.74, 6) is 0.267. The van der Waals surface area contributed by atoms with Crippen LogP contribution in [0.4, 0.5) is 0 Å². The van der Waals surface area contributed by atoms with Gasteiger partial charge in [0.15, 0.2) is 0 Å². The second-order valence-corrected chi connectivity index (χ2v) is 7.34. The maximum atomic E-state index is 12.3. The van der Waals surface area contributed by atoms with E-state index in [-0.39, 0.29) is 12.5 Å². The number of hydrogen-bond donors (Lipinski definition) is 1. The Hall–Kier alpha value is -2.93. The number of carbonyl (C=O) groups excluding carboxylic acids is 3. The number of carbonyl (C=O) groups is 3. The molecule has 1 fully saturated rings. The third-order valence-electron chi connectivity index (χ3n) is 5.43. The van der Waals surface area contributed by atoms with E-state index in [1.165, 1.54) is 0 Å². The van der Waals surface area contributed by atoms with Crippen LogP contribution in [0.25, 0.3) is 0 Å². The minimum atomic E-state index is -0.401. The molecule has 0 bridgehead atoms. The van der Waals surface area contributed by atoms with Gasteiger partial charge in [-0.15, -0.1) is 0 Å². The molecule has 7 nitrogen and oxygen atoms in total. The van der Waals surface area contributed by atoms with Crippen LogP contribution >= 0.6 is 0 Å². The summed E-state index contributed by atoms with van der Waals surface area (Å²) in [5.41, 5.74) is 0.730. The summed E-state index contributed by atoms with van der Waals surface area (Å²) in [6.45, 7) is 3.06. The standard InChI is InChI=1S/C21H23N3O4/c25-19(14-24-20(26)17-5-1-2-6-18(17)21(24)27)22-12-15-7-9-23(10-8-15)13-16-4-3-11-28-16/h1-6,11,15H,7-10,12-14H2,(H,22,25). The van der Waals surface area contributed by atoms with Gasteiger partial charge in [0.2, 0.25) is 5.91 Å². The van der Waals surface area contributed by atoms with Crippen LogP contribution in [0.5, 0.6) is 0 Å². The fourth-order valence-corrected chi connectivity index (χ4v) is 3.81. The van der Waals surface area contributed by atoms with Crippen molar-refractivity contribution in [2.24, 2.45) is 5.92 Å². The van der Waals surface area contributed by atoms with E-state index >= 15 is 0 Å². The largest absolute Gasteiger partial charge is 0.468 e. The summed E-state index contributed by atoms with van der Waals surface area (Å²) in [7, 11) is 0. The first-order valence-electron chi connectivity index (χ1n) is 9.58. The predicted octanol–water partition coefficient (Wildman–Crippen LogP) is 1.90. The van der Waals surface area contributed by atoms with Gasteiger partial charge in [-0.1, -0.05) is 12.1 Å². The molecule has 0 spiro atoms. The molecule has 2 aromatic rings. The smallest absolute Gasteiger partial charge is 0.262 e. The van der Waals surface area contributed by atoms with Crippen molar-refractivity contribution in [2.75, 3.05) is 26.2 Å². The molecule has 2 aliphatic heterocycles. The third kappa shape index (κ3) is 3.84. The number of nitrogens with one attached hydrogen (secondary N) is 1. The van der Waals surface area contributed by atoms with Crippen LogP contribution in [0.3, 0.4) is 0 Å². The number of benzene rings is 1. The molecule has 146 valence electrons. The van der Waals surface area contributed by atoms with Gasteiger partial charge in [0.05, 0.1) is 23.9 Å². The molecule has 1 saturated heterocycles. The number of imide groups is 1. The Morgan fingerprint density at radius 3 is 2.32 bits per heavy atom. The molecule has 0 radical (unpaired) electrons. The van der Waals surface area contributed by atoms with Gasteiger partial charge >= 0.3 is 0 Å². The molecule has 0 aliphatic carbocycles. The lowest BCUT2D eigenvalue weighted by Gasteiger charge is -2.31. The van der Waals surface area contributed by atoms with E-state index in [2.05, 4.69) is 10.2 Å². The Balaban J connectivity index is 1.22. The number of furan rings is 1. The first-order valence-corrected chi connectivity index (χ1v) is 9.58. The number of fused-ring (bicyclic) bond motifs is 1. The Labute approximate surface area is 163 Å². The number of hydrogen-bond acceptors (Lipinski definition) is 5. The Kier molecular flexibility index (Phi) is 5.25. The molecule has 3 heterocycles. The summed E-state index contributed by atoms with van der Waals surface area (Å²) in [6, 6.07) is 10.5. The van der Waals surface area contributed by atoms with Crippen LogP contribution in [-0.4, -0.2) is 53.7 Å². The van der Waals surface area contributed by atoms with Crippen LogP contribution in [0.2, 0.25) is 0 Å². The van der Waals surface area contributed by atoms with Gasteiger partial charge in [0.1, 0.15) is 12.3 Å². The van der Waals surface area contributed by atoms with Crippen molar-refractivity contribution < 1.29 is 18.8 Å². The van der Waals surface area contributed by atoms with Gasteiger partial charge in [-0.2, -0.15) is 0 Å². The highest BCUT2D eigenvalue weighted by Crippen LogP contribution is 2.22. The molecular weight excluding hydrogens is 358 g/mol. The van der Waals surface area contributed by atoms with Crippen LogP contribution < -0.4 is 5.32 Å². The topological polar surface area (TPSA) is 82.9 Å². The fraction of sp³-hybridized carbons (Fsp3) is 0.381. The van der Waals surface area contributed by atoms with Crippen molar-refractivity contribution in [2.45, 2.75) is 19.4 Å². The molecule has 1 aromatic heterocycles. The first kappa shape index (κ1) is 18.4. The molecule has 28 heavy (non-hydrogen) atoms.